The Hall–Kier alpha value is -1.53. The van der Waals surface area contributed by atoms with Crippen LogP contribution in [0.2, 0.25) is 0 Å². The fourth-order valence-corrected chi connectivity index (χ4v) is 3.28. The molecule has 0 saturated carbocycles. The van der Waals surface area contributed by atoms with Crippen LogP contribution in [0.4, 0.5) is 0 Å². The van der Waals surface area contributed by atoms with Crippen LogP contribution in [-0.4, -0.2) is 42.5 Å². The third-order valence-electron chi connectivity index (χ3n) is 3.45. The fraction of sp³-hybridized carbons (Fsp3) is 0.500. The highest BCUT2D eigenvalue weighted by molar-refractivity contribution is 7.99. The van der Waals surface area contributed by atoms with Crippen molar-refractivity contribution in [3.8, 4) is 0 Å². The van der Waals surface area contributed by atoms with E-state index in [4.69, 9.17) is 0 Å². The highest BCUT2D eigenvalue weighted by Gasteiger charge is 2.16. The summed E-state index contributed by atoms with van der Waals surface area (Å²) in [6.45, 7) is 3.91. The summed E-state index contributed by atoms with van der Waals surface area (Å²) in [5, 5.41) is 9.05. The predicted molar refractivity (Wildman–Crippen MR) is 90.0 cm³/mol. The van der Waals surface area contributed by atoms with E-state index in [-0.39, 0.29) is 17.9 Å². The first-order valence-electron chi connectivity index (χ1n) is 7.64. The average molecular weight is 321 g/mol. The van der Waals surface area contributed by atoms with Crippen molar-refractivity contribution in [3.63, 3.8) is 0 Å². The molecule has 1 fully saturated rings. The maximum Gasteiger partial charge on any atom is 0.251 e. The molecule has 22 heavy (non-hydrogen) atoms. The van der Waals surface area contributed by atoms with E-state index >= 15 is 0 Å². The molecule has 0 aliphatic carbocycles. The molecule has 1 aliphatic heterocycles. The second kappa shape index (κ2) is 8.80. The summed E-state index contributed by atoms with van der Waals surface area (Å²) in [5.41, 5.74) is 1.56. The van der Waals surface area contributed by atoms with Crippen molar-refractivity contribution in [1.82, 2.24) is 16.0 Å². The molecule has 0 bridgehead atoms. The maximum atomic E-state index is 12.0. The van der Waals surface area contributed by atoms with Crippen LogP contribution in [-0.2, 0) is 11.3 Å². The molecule has 3 N–H and O–H groups in total. The molecule has 6 heteroatoms. The topological polar surface area (TPSA) is 70.2 Å². The molecular formula is C16H23N3O2S. The Labute approximate surface area is 135 Å². The normalized spacial score (nSPS) is 17.8. The van der Waals surface area contributed by atoms with Gasteiger partial charge in [0.2, 0.25) is 5.91 Å². The second-order valence-corrected chi connectivity index (χ2v) is 6.42. The Morgan fingerprint density at radius 3 is 2.95 bits per heavy atom. The van der Waals surface area contributed by atoms with E-state index in [1.807, 2.05) is 36.9 Å². The van der Waals surface area contributed by atoms with Gasteiger partial charge in [0.25, 0.3) is 5.91 Å². The van der Waals surface area contributed by atoms with Gasteiger partial charge < -0.3 is 16.0 Å². The van der Waals surface area contributed by atoms with Gasteiger partial charge >= 0.3 is 0 Å². The second-order valence-electron chi connectivity index (χ2n) is 5.27. The smallest absolute Gasteiger partial charge is 0.251 e. The van der Waals surface area contributed by atoms with Crippen LogP contribution in [0.15, 0.2) is 24.3 Å². The third-order valence-corrected chi connectivity index (χ3v) is 4.58. The molecular weight excluding hydrogens is 298 g/mol. The van der Waals surface area contributed by atoms with Gasteiger partial charge in [-0.1, -0.05) is 12.1 Å². The van der Waals surface area contributed by atoms with Crippen LogP contribution in [0.3, 0.4) is 0 Å². The summed E-state index contributed by atoms with van der Waals surface area (Å²) < 4.78 is 0. The van der Waals surface area contributed by atoms with Gasteiger partial charge in [-0.05, 0) is 24.6 Å². The van der Waals surface area contributed by atoms with Crippen molar-refractivity contribution < 1.29 is 9.59 Å². The molecule has 0 aromatic heterocycles. The number of rotatable bonds is 6. The molecule has 1 atom stereocenters. The Morgan fingerprint density at radius 1 is 1.36 bits per heavy atom. The van der Waals surface area contributed by atoms with E-state index in [9.17, 15) is 9.59 Å². The average Bonchev–Trinajstić information content (AvgIpc) is 2.54. The highest BCUT2D eigenvalue weighted by atomic mass is 32.2. The van der Waals surface area contributed by atoms with Crippen molar-refractivity contribution >= 4 is 23.6 Å². The van der Waals surface area contributed by atoms with Gasteiger partial charge in [0, 0.05) is 49.2 Å². The zero-order valence-electron chi connectivity index (χ0n) is 12.9. The van der Waals surface area contributed by atoms with E-state index in [0.29, 0.717) is 25.1 Å². The Kier molecular flexibility index (Phi) is 6.74. The standard InChI is InChI=1S/C16H23N3O2S/c1-2-17-16(21)13-5-3-4-12(8-13)10-19-15(20)9-14-11-22-7-6-18-14/h3-5,8,14,18H,2,6-7,9-11H2,1H3,(H,17,21)(H,19,20). The van der Waals surface area contributed by atoms with E-state index < -0.39 is 0 Å². The summed E-state index contributed by atoms with van der Waals surface area (Å²) in [4.78, 5) is 23.8. The van der Waals surface area contributed by atoms with Crippen LogP contribution < -0.4 is 16.0 Å². The molecule has 5 nitrogen and oxygen atoms in total. The van der Waals surface area contributed by atoms with Crippen molar-refractivity contribution in [3.05, 3.63) is 35.4 Å². The molecule has 0 spiro atoms. The summed E-state index contributed by atoms with van der Waals surface area (Å²) in [6, 6.07) is 7.61. The summed E-state index contributed by atoms with van der Waals surface area (Å²) in [6.07, 6.45) is 0.503. The number of thioether (sulfide) groups is 1. The van der Waals surface area contributed by atoms with Crippen molar-refractivity contribution in [1.29, 1.82) is 0 Å². The highest BCUT2D eigenvalue weighted by Crippen LogP contribution is 2.10. The number of carbonyl (C=O) groups is 2. The summed E-state index contributed by atoms with van der Waals surface area (Å²) in [7, 11) is 0. The fourth-order valence-electron chi connectivity index (χ4n) is 2.33. The van der Waals surface area contributed by atoms with Crippen molar-refractivity contribution in [2.75, 3.05) is 24.6 Å². The Bertz CT molecular complexity index is 516. The van der Waals surface area contributed by atoms with E-state index in [1.54, 1.807) is 6.07 Å². The monoisotopic (exact) mass is 321 g/mol. The molecule has 1 aliphatic rings. The van der Waals surface area contributed by atoms with Gasteiger partial charge in [0.15, 0.2) is 0 Å². The number of benzene rings is 1. The van der Waals surface area contributed by atoms with Gasteiger partial charge in [-0.15, -0.1) is 0 Å². The molecule has 2 rings (SSSR count). The van der Waals surface area contributed by atoms with Crippen LogP contribution in [0.5, 0.6) is 0 Å². The quantitative estimate of drug-likeness (QED) is 0.735. The molecule has 0 radical (unpaired) electrons. The molecule has 1 aromatic carbocycles. The van der Waals surface area contributed by atoms with Crippen LogP contribution in [0, 0.1) is 0 Å². The number of nitrogens with one attached hydrogen (secondary N) is 3. The first kappa shape index (κ1) is 16.8. The van der Waals surface area contributed by atoms with Crippen LogP contribution in [0.25, 0.3) is 0 Å². The lowest BCUT2D eigenvalue weighted by atomic mass is 10.1. The first-order chi connectivity index (χ1) is 10.7. The predicted octanol–water partition coefficient (Wildman–Crippen LogP) is 1.15. The zero-order valence-corrected chi connectivity index (χ0v) is 13.7. The minimum absolute atomic E-state index is 0.0448. The van der Waals surface area contributed by atoms with Gasteiger partial charge in [-0.25, -0.2) is 0 Å². The molecule has 1 saturated heterocycles. The van der Waals surface area contributed by atoms with Gasteiger partial charge in [-0.2, -0.15) is 11.8 Å². The Balaban J connectivity index is 1.81. The van der Waals surface area contributed by atoms with E-state index in [1.165, 1.54) is 0 Å². The zero-order chi connectivity index (χ0) is 15.8. The lowest BCUT2D eigenvalue weighted by Crippen LogP contribution is -2.41. The summed E-state index contributed by atoms with van der Waals surface area (Å²) >= 11 is 1.88. The SMILES string of the molecule is CCNC(=O)c1cccc(CNC(=O)CC2CSCCN2)c1. The van der Waals surface area contributed by atoms with Gasteiger partial charge in [0.05, 0.1) is 0 Å². The molecule has 1 aromatic rings. The minimum atomic E-state index is -0.0842. The lowest BCUT2D eigenvalue weighted by molar-refractivity contribution is -0.121. The molecule has 2 amide bonds. The molecule has 1 heterocycles. The molecule has 1 unspecified atom stereocenters. The molecule has 120 valence electrons. The van der Waals surface area contributed by atoms with Gasteiger partial charge in [-0.3, -0.25) is 9.59 Å². The number of hydrogen-bond acceptors (Lipinski definition) is 4. The van der Waals surface area contributed by atoms with Gasteiger partial charge in [0.1, 0.15) is 0 Å². The maximum absolute atomic E-state index is 12.0. The first-order valence-corrected chi connectivity index (χ1v) is 8.79. The van der Waals surface area contributed by atoms with Crippen LogP contribution >= 0.6 is 11.8 Å². The van der Waals surface area contributed by atoms with E-state index in [0.717, 1.165) is 23.6 Å². The largest absolute Gasteiger partial charge is 0.352 e. The van der Waals surface area contributed by atoms with Crippen LogP contribution in [0.1, 0.15) is 29.3 Å². The van der Waals surface area contributed by atoms with Crippen molar-refractivity contribution in [2.24, 2.45) is 0 Å². The minimum Gasteiger partial charge on any atom is -0.352 e. The third kappa shape index (κ3) is 5.35. The summed E-state index contributed by atoms with van der Waals surface area (Å²) in [5.74, 6) is 2.06. The Morgan fingerprint density at radius 2 is 2.23 bits per heavy atom. The lowest BCUT2D eigenvalue weighted by Gasteiger charge is -2.22. The number of hydrogen-bond donors (Lipinski definition) is 3. The number of amides is 2. The van der Waals surface area contributed by atoms with Crippen molar-refractivity contribution in [2.45, 2.75) is 25.9 Å². The number of carbonyl (C=O) groups excluding carboxylic acids is 2. The van der Waals surface area contributed by atoms with E-state index in [2.05, 4.69) is 16.0 Å².